The van der Waals surface area contributed by atoms with Gasteiger partial charge in [-0.2, -0.15) is 0 Å². The Morgan fingerprint density at radius 2 is 1.97 bits per heavy atom. The molecule has 0 aliphatic rings. The predicted molar refractivity (Wildman–Crippen MR) is 124 cm³/mol. The van der Waals surface area contributed by atoms with E-state index >= 15 is 0 Å². The largest absolute Gasteiger partial charge is 0.496 e. The zero-order chi connectivity index (χ0) is 23.1. The molecule has 11 heteroatoms. The summed E-state index contributed by atoms with van der Waals surface area (Å²) in [5.41, 5.74) is 2.27. The smallest absolute Gasteiger partial charge is 0.294 e. The Morgan fingerprint density at radius 1 is 1.09 bits per heavy atom. The zero-order valence-electron chi connectivity index (χ0n) is 18.3. The Hall–Kier alpha value is -4.38. The summed E-state index contributed by atoms with van der Waals surface area (Å²) in [7, 11) is 3.19. The molecule has 0 aliphatic heterocycles. The molecule has 0 amide bonds. The average Bonchev–Trinajstić information content (AvgIpc) is 3.64. The van der Waals surface area contributed by atoms with E-state index in [9.17, 15) is 0 Å². The fraction of sp³-hybridized carbons (Fsp3) is 0.130. The Morgan fingerprint density at radius 3 is 2.76 bits per heavy atom. The van der Waals surface area contributed by atoms with E-state index in [4.69, 9.17) is 18.6 Å². The van der Waals surface area contributed by atoms with Gasteiger partial charge in [-0.3, -0.25) is 0 Å². The lowest BCUT2D eigenvalue weighted by molar-refractivity contribution is -0.694. The molecule has 6 aromatic rings. The molecule has 0 fully saturated rings. The number of methoxy groups -OCH3 is 2. The molecule has 10 nitrogen and oxygen atoms in total. The van der Waals surface area contributed by atoms with Crippen molar-refractivity contribution in [2.24, 2.45) is 0 Å². The number of fused-ring (bicyclic) bond motifs is 2. The van der Waals surface area contributed by atoms with Gasteiger partial charge in [0, 0.05) is 17.2 Å². The molecular formula is C23H19N6O4S+. The molecule has 4 heterocycles. The third kappa shape index (κ3) is 3.52. The van der Waals surface area contributed by atoms with Gasteiger partial charge in [-0.15, -0.1) is 9.78 Å². The number of rotatable bonds is 7. The SMILES string of the molecule is COc1cc(OCn2ncc[n+]2-c2ccccc2)c2cc(-c3cn4nc(OC)sc4n3)oc2c1. The second-order valence-electron chi connectivity index (χ2n) is 7.31. The molecule has 34 heavy (non-hydrogen) atoms. The van der Waals surface area contributed by atoms with Crippen LogP contribution >= 0.6 is 11.3 Å². The molecule has 0 saturated carbocycles. The number of hydrogen-bond acceptors (Lipinski definition) is 8. The molecule has 4 aromatic heterocycles. The second-order valence-corrected chi connectivity index (χ2v) is 8.23. The molecule has 0 spiro atoms. The van der Waals surface area contributed by atoms with Crippen molar-refractivity contribution in [1.29, 1.82) is 0 Å². The Kier molecular flexibility index (Phi) is 4.88. The van der Waals surface area contributed by atoms with Crippen molar-refractivity contribution in [3.05, 3.63) is 67.1 Å². The van der Waals surface area contributed by atoms with Crippen LogP contribution in [0.25, 0.3) is 33.1 Å². The van der Waals surface area contributed by atoms with Crippen LogP contribution in [0.1, 0.15) is 0 Å². The van der Waals surface area contributed by atoms with Crippen molar-refractivity contribution < 1.29 is 23.3 Å². The molecule has 2 aromatic carbocycles. The van der Waals surface area contributed by atoms with Crippen molar-refractivity contribution in [3.63, 3.8) is 0 Å². The first-order valence-corrected chi connectivity index (χ1v) is 11.2. The highest BCUT2D eigenvalue weighted by Gasteiger charge is 2.18. The number of aromatic nitrogens is 6. The lowest BCUT2D eigenvalue weighted by atomic mass is 10.2. The van der Waals surface area contributed by atoms with E-state index in [1.807, 2.05) is 59.4 Å². The van der Waals surface area contributed by atoms with Gasteiger partial charge < -0.3 is 18.6 Å². The predicted octanol–water partition coefficient (Wildman–Crippen LogP) is 3.73. The van der Waals surface area contributed by atoms with Crippen molar-refractivity contribution in [1.82, 2.24) is 24.5 Å². The standard InChI is InChI=1S/C23H19N6O4S/c1-30-16-10-19(32-14-29-24-8-9-28(29)15-6-4-3-5-7-15)17-12-21(33-20(17)11-16)18-13-27-22(25-18)34-23(26-27)31-2/h3-13H,14H2,1-2H3/q+1. The third-order valence-corrected chi connectivity index (χ3v) is 6.16. The highest BCUT2D eigenvalue weighted by molar-refractivity contribution is 7.18. The summed E-state index contributed by atoms with van der Waals surface area (Å²) < 4.78 is 26.5. The van der Waals surface area contributed by atoms with Crippen LogP contribution in [0.5, 0.6) is 16.7 Å². The Bertz CT molecular complexity index is 1570. The fourth-order valence-electron chi connectivity index (χ4n) is 3.65. The van der Waals surface area contributed by atoms with Crippen LogP contribution in [0.2, 0.25) is 0 Å². The van der Waals surface area contributed by atoms with Crippen LogP contribution in [0.4, 0.5) is 0 Å². The Labute approximate surface area is 197 Å². The van der Waals surface area contributed by atoms with Gasteiger partial charge in [0.25, 0.3) is 5.19 Å². The lowest BCUT2D eigenvalue weighted by Crippen LogP contribution is -2.41. The van der Waals surface area contributed by atoms with E-state index < -0.39 is 0 Å². The summed E-state index contributed by atoms with van der Waals surface area (Å²) >= 11 is 1.36. The minimum atomic E-state index is 0.189. The van der Waals surface area contributed by atoms with E-state index in [1.54, 1.807) is 35.9 Å². The van der Waals surface area contributed by atoms with Crippen LogP contribution < -0.4 is 18.9 Å². The number of hydrogen-bond donors (Lipinski definition) is 0. The fourth-order valence-corrected chi connectivity index (χ4v) is 4.35. The molecule has 0 N–H and O–H groups in total. The van der Waals surface area contributed by atoms with Crippen molar-refractivity contribution in [2.75, 3.05) is 14.2 Å². The Balaban J connectivity index is 1.34. The highest BCUT2D eigenvalue weighted by atomic mass is 32.1. The average molecular weight is 476 g/mol. The summed E-state index contributed by atoms with van der Waals surface area (Å²) in [5, 5.41) is 10.1. The molecule has 0 radical (unpaired) electrons. The maximum atomic E-state index is 6.18. The molecule has 6 rings (SSSR count). The van der Waals surface area contributed by atoms with E-state index in [2.05, 4.69) is 15.2 Å². The molecule has 0 aliphatic carbocycles. The van der Waals surface area contributed by atoms with Gasteiger partial charge >= 0.3 is 0 Å². The topological polar surface area (TPSA) is 92.7 Å². The van der Waals surface area contributed by atoms with E-state index in [0.29, 0.717) is 38.7 Å². The summed E-state index contributed by atoms with van der Waals surface area (Å²) in [6.45, 7) is 0.189. The minimum Gasteiger partial charge on any atom is -0.496 e. The van der Waals surface area contributed by atoms with Crippen LogP contribution in [-0.2, 0) is 6.73 Å². The van der Waals surface area contributed by atoms with Gasteiger partial charge in [0.15, 0.2) is 17.6 Å². The van der Waals surface area contributed by atoms with Crippen molar-refractivity contribution >= 4 is 27.3 Å². The highest BCUT2D eigenvalue weighted by Crippen LogP contribution is 2.37. The molecule has 170 valence electrons. The normalized spacial score (nSPS) is 11.4. The second kappa shape index (κ2) is 8.19. The monoisotopic (exact) mass is 475 g/mol. The van der Waals surface area contributed by atoms with Gasteiger partial charge in [-0.1, -0.05) is 18.2 Å². The van der Waals surface area contributed by atoms with Crippen molar-refractivity contribution in [2.45, 2.75) is 6.73 Å². The first-order chi connectivity index (χ1) is 16.7. The van der Waals surface area contributed by atoms with E-state index in [-0.39, 0.29) is 6.73 Å². The molecule has 0 atom stereocenters. The summed E-state index contributed by atoms with van der Waals surface area (Å²) in [6, 6.07) is 15.5. The van der Waals surface area contributed by atoms with E-state index in [0.717, 1.165) is 11.1 Å². The van der Waals surface area contributed by atoms with Gasteiger partial charge in [0.05, 0.1) is 25.8 Å². The van der Waals surface area contributed by atoms with Gasteiger partial charge in [-0.05, 0) is 34.3 Å². The zero-order valence-corrected chi connectivity index (χ0v) is 19.1. The first kappa shape index (κ1) is 20.2. The molecular weight excluding hydrogens is 456 g/mol. The molecule has 0 unspecified atom stereocenters. The van der Waals surface area contributed by atoms with Crippen molar-refractivity contribution in [3.8, 4) is 33.8 Å². The number of imidazole rings is 1. The number of benzene rings is 2. The maximum Gasteiger partial charge on any atom is 0.294 e. The van der Waals surface area contributed by atoms with Crippen LogP contribution in [0.15, 0.2) is 71.5 Å². The number of ether oxygens (including phenoxy) is 3. The van der Waals surface area contributed by atoms with Gasteiger partial charge in [0.2, 0.25) is 17.9 Å². The number of furan rings is 1. The van der Waals surface area contributed by atoms with Gasteiger partial charge in [-0.25, -0.2) is 9.50 Å². The summed E-state index contributed by atoms with van der Waals surface area (Å²) in [5.74, 6) is 1.83. The minimum absolute atomic E-state index is 0.189. The van der Waals surface area contributed by atoms with Crippen LogP contribution in [0, 0.1) is 0 Å². The summed E-state index contributed by atoms with van der Waals surface area (Å²) in [6.07, 6.45) is 5.40. The first-order valence-electron chi connectivity index (χ1n) is 10.4. The molecule has 0 saturated heterocycles. The number of para-hydroxylation sites is 1. The third-order valence-electron chi connectivity index (χ3n) is 5.27. The lowest BCUT2D eigenvalue weighted by Gasteiger charge is -2.08. The van der Waals surface area contributed by atoms with Gasteiger partial charge in [0.1, 0.15) is 22.8 Å². The maximum absolute atomic E-state index is 6.18. The van der Waals surface area contributed by atoms with Crippen LogP contribution in [-0.4, -0.2) is 38.7 Å². The number of nitrogens with zero attached hydrogens (tertiary/aromatic N) is 6. The molecule has 0 bridgehead atoms. The van der Waals surface area contributed by atoms with Crippen LogP contribution in [0.3, 0.4) is 0 Å². The summed E-state index contributed by atoms with van der Waals surface area (Å²) in [4.78, 5) is 7.05. The van der Waals surface area contributed by atoms with E-state index in [1.165, 1.54) is 11.3 Å². The quantitative estimate of drug-likeness (QED) is 0.325.